The van der Waals surface area contributed by atoms with Crippen molar-refractivity contribution in [2.24, 2.45) is 7.05 Å². The highest BCUT2D eigenvalue weighted by Gasteiger charge is 2.18. The van der Waals surface area contributed by atoms with E-state index < -0.39 is 0 Å². The second-order valence-electron chi connectivity index (χ2n) is 4.52. The van der Waals surface area contributed by atoms with Gasteiger partial charge in [0.15, 0.2) is 0 Å². The van der Waals surface area contributed by atoms with Crippen LogP contribution in [0, 0.1) is 6.92 Å². The molecule has 0 aromatic carbocycles. The van der Waals surface area contributed by atoms with Crippen molar-refractivity contribution in [1.82, 2.24) is 20.4 Å². The first-order valence-electron chi connectivity index (χ1n) is 5.61. The Labute approximate surface area is 91.1 Å². The van der Waals surface area contributed by atoms with Gasteiger partial charge in [-0.25, -0.2) is 0 Å². The lowest BCUT2D eigenvalue weighted by molar-refractivity contribution is 0.354. The Bertz CT molecular complexity index is 323. The van der Waals surface area contributed by atoms with Gasteiger partial charge in [0, 0.05) is 44.3 Å². The maximum Gasteiger partial charge on any atom is 0.0596 e. The van der Waals surface area contributed by atoms with Gasteiger partial charge in [0.1, 0.15) is 0 Å². The molecule has 0 spiro atoms. The van der Waals surface area contributed by atoms with Crippen LogP contribution in [0.5, 0.6) is 0 Å². The molecule has 2 heterocycles. The summed E-state index contributed by atoms with van der Waals surface area (Å²) in [6.07, 6.45) is 1.05. The second-order valence-corrected chi connectivity index (χ2v) is 4.52. The van der Waals surface area contributed by atoms with Crippen molar-refractivity contribution in [3.63, 3.8) is 0 Å². The predicted octanol–water partition coefficient (Wildman–Crippen LogP) is 0.221. The van der Waals surface area contributed by atoms with Crippen molar-refractivity contribution in [2.45, 2.75) is 32.4 Å². The minimum atomic E-state index is 0.538. The summed E-state index contributed by atoms with van der Waals surface area (Å²) in [7, 11) is 2.02. The molecule has 0 saturated carbocycles. The molecular formula is C11H20N4. The molecule has 0 bridgehead atoms. The van der Waals surface area contributed by atoms with E-state index in [1.54, 1.807) is 0 Å². The number of piperazine rings is 1. The van der Waals surface area contributed by atoms with Crippen LogP contribution >= 0.6 is 0 Å². The van der Waals surface area contributed by atoms with Gasteiger partial charge in [0.2, 0.25) is 0 Å². The Hall–Kier alpha value is -0.870. The molecule has 2 N–H and O–H groups in total. The van der Waals surface area contributed by atoms with E-state index in [9.17, 15) is 0 Å². The quantitative estimate of drug-likeness (QED) is 0.730. The van der Waals surface area contributed by atoms with Gasteiger partial charge in [-0.05, 0) is 19.9 Å². The van der Waals surface area contributed by atoms with E-state index in [0.717, 1.165) is 25.2 Å². The first-order chi connectivity index (χ1) is 7.15. The van der Waals surface area contributed by atoms with Crippen LogP contribution in [0.2, 0.25) is 0 Å². The van der Waals surface area contributed by atoms with Crippen LogP contribution < -0.4 is 10.6 Å². The first kappa shape index (κ1) is 10.6. The van der Waals surface area contributed by atoms with Crippen molar-refractivity contribution in [3.05, 3.63) is 17.5 Å². The van der Waals surface area contributed by atoms with Gasteiger partial charge < -0.3 is 10.6 Å². The summed E-state index contributed by atoms with van der Waals surface area (Å²) in [6.45, 7) is 6.35. The molecule has 1 aromatic heterocycles. The van der Waals surface area contributed by atoms with Crippen LogP contribution in [0.15, 0.2) is 6.07 Å². The summed E-state index contributed by atoms with van der Waals surface area (Å²) in [6, 6.07) is 3.30. The normalized spacial score (nSPS) is 26.9. The summed E-state index contributed by atoms with van der Waals surface area (Å²) in [5.74, 6) is 0. The molecule has 1 aromatic rings. The molecule has 1 saturated heterocycles. The molecule has 1 fully saturated rings. The Balaban J connectivity index is 1.94. The van der Waals surface area contributed by atoms with Gasteiger partial charge >= 0.3 is 0 Å². The Morgan fingerprint density at radius 3 is 2.80 bits per heavy atom. The highest BCUT2D eigenvalue weighted by molar-refractivity contribution is 5.10. The van der Waals surface area contributed by atoms with E-state index in [1.165, 1.54) is 5.69 Å². The van der Waals surface area contributed by atoms with E-state index in [1.807, 2.05) is 18.7 Å². The van der Waals surface area contributed by atoms with Gasteiger partial charge in [-0.3, -0.25) is 4.68 Å². The topological polar surface area (TPSA) is 41.9 Å². The Morgan fingerprint density at radius 2 is 2.27 bits per heavy atom. The molecule has 1 aliphatic rings. The highest BCUT2D eigenvalue weighted by atomic mass is 15.3. The number of aryl methyl sites for hydroxylation is 2. The molecule has 0 radical (unpaired) electrons. The number of aromatic nitrogens is 2. The molecule has 4 heteroatoms. The number of hydrogen-bond acceptors (Lipinski definition) is 3. The minimum Gasteiger partial charge on any atom is -0.311 e. The Morgan fingerprint density at radius 1 is 1.47 bits per heavy atom. The fourth-order valence-corrected chi connectivity index (χ4v) is 2.08. The van der Waals surface area contributed by atoms with E-state index >= 15 is 0 Å². The second kappa shape index (κ2) is 4.33. The summed E-state index contributed by atoms with van der Waals surface area (Å²) in [5, 5.41) is 11.4. The summed E-state index contributed by atoms with van der Waals surface area (Å²) in [4.78, 5) is 0. The third kappa shape index (κ3) is 2.58. The third-order valence-corrected chi connectivity index (χ3v) is 2.98. The first-order valence-corrected chi connectivity index (χ1v) is 5.61. The molecule has 0 unspecified atom stereocenters. The van der Waals surface area contributed by atoms with Gasteiger partial charge in [-0.15, -0.1) is 0 Å². The zero-order valence-electron chi connectivity index (χ0n) is 9.75. The van der Waals surface area contributed by atoms with Gasteiger partial charge in [0.25, 0.3) is 0 Å². The number of hydrogen-bond donors (Lipinski definition) is 2. The molecule has 15 heavy (non-hydrogen) atoms. The van der Waals surface area contributed by atoms with Crippen molar-refractivity contribution < 1.29 is 0 Å². The molecule has 0 amide bonds. The average molecular weight is 208 g/mol. The maximum atomic E-state index is 4.36. The van der Waals surface area contributed by atoms with Crippen LogP contribution in [0.4, 0.5) is 0 Å². The van der Waals surface area contributed by atoms with Crippen LogP contribution in [0.3, 0.4) is 0 Å². The third-order valence-electron chi connectivity index (χ3n) is 2.98. The standard InChI is InChI=1S/C11H20N4/c1-8-4-11(15(3)14-8)5-10-7-12-9(2)6-13-10/h4,9-10,12-13H,5-7H2,1-3H3/t9-,10+/m1/s1. The van der Waals surface area contributed by atoms with Crippen molar-refractivity contribution >= 4 is 0 Å². The van der Waals surface area contributed by atoms with Gasteiger partial charge in [0.05, 0.1) is 5.69 Å². The number of nitrogens with one attached hydrogen (secondary N) is 2. The SMILES string of the molecule is Cc1cc(C[C@H]2CN[C@H](C)CN2)n(C)n1. The lowest BCUT2D eigenvalue weighted by Gasteiger charge is -2.29. The van der Waals surface area contributed by atoms with Crippen LogP contribution in [0.1, 0.15) is 18.3 Å². The minimum absolute atomic E-state index is 0.538. The molecule has 84 valence electrons. The van der Waals surface area contributed by atoms with Crippen molar-refractivity contribution in [3.8, 4) is 0 Å². The van der Waals surface area contributed by atoms with Crippen LogP contribution in [-0.4, -0.2) is 35.0 Å². The van der Waals surface area contributed by atoms with E-state index in [0.29, 0.717) is 12.1 Å². The molecule has 0 aliphatic carbocycles. The summed E-state index contributed by atoms with van der Waals surface area (Å²) in [5.41, 5.74) is 2.41. The van der Waals surface area contributed by atoms with Crippen LogP contribution in [0.25, 0.3) is 0 Å². The molecule has 2 atom stereocenters. The van der Waals surface area contributed by atoms with E-state index in [2.05, 4.69) is 28.7 Å². The van der Waals surface area contributed by atoms with Gasteiger partial charge in [-0.1, -0.05) is 0 Å². The number of rotatable bonds is 2. The van der Waals surface area contributed by atoms with Crippen LogP contribution in [-0.2, 0) is 13.5 Å². The Kier molecular flexibility index (Phi) is 3.07. The van der Waals surface area contributed by atoms with E-state index in [-0.39, 0.29) is 0 Å². The fraction of sp³-hybridized carbons (Fsp3) is 0.727. The van der Waals surface area contributed by atoms with Crippen molar-refractivity contribution in [1.29, 1.82) is 0 Å². The van der Waals surface area contributed by atoms with Crippen molar-refractivity contribution in [2.75, 3.05) is 13.1 Å². The summed E-state index contributed by atoms with van der Waals surface area (Å²) >= 11 is 0. The largest absolute Gasteiger partial charge is 0.311 e. The maximum absolute atomic E-state index is 4.36. The lowest BCUT2D eigenvalue weighted by atomic mass is 10.1. The monoisotopic (exact) mass is 208 g/mol. The highest BCUT2D eigenvalue weighted by Crippen LogP contribution is 2.06. The van der Waals surface area contributed by atoms with Gasteiger partial charge in [-0.2, -0.15) is 5.10 Å². The molecule has 2 rings (SSSR count). The average Bonchev–Trinajstić information content (AvgIpc) is 2.49. The molecule has 4 nitrogen and oxygen atoms in total. The van der Waals surface area contributed by atoms with E-state index in [4.69, 9.17) is 0 Å². The number of nitrogens with zero attached hydrogens (tertiary/aromatic N) is 2. The molecule has 1 aliphatic heterocycles. The zero-order chi connectivity index (χ0) is 10.8. The molecular weight excluding hydrogens is 188 g/mol. The summed E-state index contributed by atoms with van der Waals surface area (Å²) < 4.78 is 1.98. The lowest BCUT2D eigenvalue weighted by Crippen LogP contribution is -2.54. The smallest absolute Gasteiger partial charge is 0.0596 e. The fourth-order valence-electron chi connectivity index (χ4n) is 2.08. The predicted molar refractivity (Wildman–Crippen MR) is 60.9 cm³/mol. The zero-order valence-corrected chi connectivity index (χ0v) is 9.75.